The summed E-state index contributed by atoms with van der Waals surface area (Å²) in [5.74, 6) is 0. The van der Waals surface area contributed by atoms with E-state index in [4.69, 9.17) is 5.73 Å². The first-order valence-corrected chi connectivity index (χ1v) is 5.84. The van der Waals surface area contributed by atoms with Crippen LogP contribution in [0.15, 0.2) is 29.6 Å². The van der Waals surface area contributed by atoms with Crippen LogP contribution in [0.3, 0.4) is 0 Å². The van der Waals surface area contributed by atoms with E-state index in [-0.39, 0.29) is 0 Å². The van der Waals surface area contributed by atoms with Gasteiger partial charge in [0.05, 0.1) is 0 Å². The zero-order valence-electron chi connectivity index (χ0n) is 8.23. The first kappa shape index (κ1) is 8.74. The van der Waals surface area contributed by atoms with Crippen LogP contribution >= 0.6 is 11.3 Å². The van der Waals surface area contributed by atoms with Gasteiger partial charge in [-0.25, -0.2) is 0 Å². The molecule has 0 unspecified atom stereocenters. The maximum Gasteiger partial charge on any atom is 0.0356 e. The molecule has 74 valence electrons. The number of benzene rings is 1. The van der Waals surface area contributed by atoms with Crippen molar-refractivity contribution in [1.29, 1.82) is 0 Å². The number of hydrogen-bond donors (Lipinski definition) is 1. The highest BCUT2D eigenvalue weighted by atomic mass is 32.1. The SMILES string of the molecule is Nc1cccc2c1Cc1sccc1C=C2. The van der Waals surface area contributed by atoms with Crippen molar-refractivity contribution in [2.45, 2.75) is 6.42 Å². The molecule has 0 saturated heterocycles. The molecule has 0 amide bonds. The van der Waals surface area contributed by atoms with Gasteiger partial charge in [-0.05, 0) is 34.2 Å². The van der Waals surface area contributed by atoms with E-state index in [1.165, 1.54) is 21.6 Å². The minimum Gasteiger partial charge on any atom is -0.398 e. The summed E-state index contributed by atoms with van der Waals surface area (Å²) in [7, 11) is 0. The summed E-state index contributed by atoms with van der Waals surface area (Å²) in [6.45, 7) is 0. The van der Waals surface area contributed by atoms with Gasteiger partial charge < -0.3 is 5.73 Å². The Balaban J connectivity index is 2.22. The molecule has 0 spiro atoms. The molecular weight excluding hydrogens is 202 g/mol. The lowest BCUT2D eigenvalue weighted by Crippen LogP contribution is -1.96. The Kier molecular flexibility index (Phi) is 1.89. The number of hydrogen-bond acceptors (Lipinski definition) is 2. The van der Waals surface area contributed by atoms with Crippen LogP contribution in [0.1, 0.15) is 21.6 Å². The van der Waals surface area contributed by atoms with Crippen molar-refractivity contribution in [3.05, 3.63) is 51.2 Å². The summed E-state index contributed by atoms with van der Waals surface area (Å²) in [5, 5.41) is 2.14. The second kappa shape index (κ2) is 3.24. The highest BCUT2D eigenvalue weighted by molar-refractivity contribution is 7.10. The number of fused-ring (bicyclic) bond motifs is 2. The lowest BCUT2D eigenvalue weighted by Gasteiger charge is -2.06. The molecule has 1 aliphatic carbocycles. The van der Waals surface area contributed by atoms with Gasteiger partial charge in [-0.2, -0.15) is 0 Å². The third-order valence-electron chi connectivity index (χ3n) is 2.81. The molecule has 1 heterocycles. The monoisotopic (exact) mass is 213 g/mol. The van der Waals surface area contributed by atoms with E-state index in [0.29, 0.717) is 0 Å². The van der Waals surface area contributed by atoms with Crippen LogP contribution in [0.5, 0.6) is 0 Å². The fourth-order valence-corrected chi connectivity index (χ4v) is 2.85. The minimum absolute atomic E-state index is 0.901. The van der Waals surface area contributed by atoms with Gasteiger partial charge >= 0.3 is 0 Å². The second-order valence-electron chi connectivity index (χ2n) is 3.72. The highest BCUT2D eigenvalue weighted by Crippen LogP contribution is 2.30. The van der Waals surface area contributed by atoms with Crippen LogP contribution in [0, 0.1) is 0 Å². The van der Waals surface area contributed by atoms with Crippen molar-refractivity contribution < 1.29 is 0 Å². The zero-order chi connectivity index (χ0) is 10.3. The number of nitrogens with two attached hydrogens (primary N) is 1. The maximum atomic E-state index is 6.01. The van der Waals surface area contributed by atoms with Crippen molar-refractivity contribution in [2.75, 3.05) is 5.73 Å². The summed E-state index contributed by atoms with van der Waals surface area (Å²) in [5.41, 5.74) is 10.7. The Bertz CT molecular complexity index is 537. The molecule has 2 N–H and O–H groups in total. The standard InChI is InChI=1S/C13H11NS/c14-12-3-1-2-9-4-5-10-6-7-15-13(10)8-11(9)12/h1-7H,8,14H2. The van der Waals surface area contributed by atoms with Gasteiger partial charge in [0.25, 0.3) is 0 Å². The van der Waals surface area contributed by atoms with E-state index in [9.17, 15) is 0 Å². The lowest BCUT2D eigenvalue weighted by molar-refractivity contribution is 1.24. The molecule has 0 saturated carbocycles. The van der Waals surface area contributed by atoms with Crippen LogP contribution in [0.25, 0.3) is 12.2 Å². The summed E-state index contributed by atoms with van der Waals surface area (Å²) >= 11 is 1.80. The molecule has 1 nitrogen and oxygen atoms in total. The van der Waals surface area contributed by atoms with Gasteiger partial charge in [0.1, 0.15) is 0 Å². The van der Waals surface area contributed by atoms with Gasteiger partial charge in [-0.1, -0.05) is 24.3 Å². The van der Waals surface area contributed by atoms with Crippen LogP contribution in [-0.2, 0) is 6.42 Å². The van der Waals surface area contributed by atoms with E-state index in [1.54, 1.807) is 11.3 Å². The summed E-state index contributed by atoms with van der Waals surface area (Å²) < 4.78 is 0. The molecule has 1 aliphatic rings. The number of nitrogen functional groups attached to an aromatic ring is 1. The molecule has 0 bridgehead atoms. The average Bonchev–Trinajstić information content (AvgIpc) is 2.60. The number of anilines is 1. The number of thiophene rings is 1. The molecule has 15 heavy (non-hydrogen) atoms. The summed E-state index contributed by atoms with van der Waals surface area (Å²) in [6.07, 6.45) is 5.30. The van der Waals surface area contributed by atoms with E-state index < -0.39 is 0 Å². The molecule has 1 aromatic heterocycles. The Morgan fingerprint density at radius 1 is 1.07 bits per heavy atom. The summed E-state index contributed by atoms with van der Waals surface area (Å²) in [4.78, 5) is 1.41. The molecule has 0 radical (unpaired) electrons. The predicted octanol–water partition coefficient (Wildman–Crippen LogP) is 3.40. The topological polar surface area (TPSA) is 26.0 Å². The second-order valence-corrected chi connectivity index (χ2v) is 4.72. The molecule has 1 aromatic carbocycles. The Morgan fingerprint density at radius 2 is 1.93 bits per heavy atom. The molecule has 2 heteroatoms. The fraction of sp³-hybridized carbons (Fsp3) is 0.0769. The smallest absolute Gasteiger partial charge is 0.0356 e. The van der Waals surface area contributed by atoms with E-state index in [2.05, 4.69) is 29.7 Å². The van der Waals surface area contributed by atoms with Gasteiger partial charge in [-0.15, -0.1) is 11.3 Å². The number of rotatable bonds is 0. The fourth-order valence-electron chi connectivity index (χ4n) is 1.97. The van der Waals surface area contributed by atoms with Crippen molar-refractivity contribution >= 4 is 29.2 Å². The molecule has 0 aliphatic heterocycles. The van der Waals surface area contributed by atoms with E-state index >= 15 is 0 Å². The van der Waals surface area contributed by atoms with Gasteiger partial charge in [0, 0.05) is 17.0 Å². The van der Waals surface area contributed by atoms with Crippen LogP contribution in [-0.4, -0.2) is 0 Å². The average molecular weight is 213 g/mol. The minimum atomic E-state index is 0.901. The Morgan fingerprint density at radius 3 is 2.87 bits per heavy atom. The van der Waals surface area contributed by atoms with Crippen LogP contribution in [0.2, 0.25) is 0 Å². The first-order chi connectivity index (χ1) is 7.34. The third kappa shape index (κ3) is 1.38. The zero-order valence-corrected chi connectivity index (χ0v) is 9.05. The quantitative estimate of drug-likeness (QED) is 0.569. The predicted molar refractivity (Wildman–Crippen MR) is 66.9 cm³/mol. The van der Waals surface area contributed by atoms with E-state index in [1.807, 2.05) is 12.1 Å². The lowest BCUT2D eigenvalue weighted by atomic mass is 10.0. The summed E-state index contributed by atoms with van der Waals surface area (Å²) in [6, 6.07) is 8.28. The largest absolute Gasteiger partial charge is 0.398 e. The molecular formula is C13H11NS. The van der Waals surface area contributed by atoms with Crippen molar-refractivity contribution in [2.24, 2.45) is 0 Å². The van der Waals surface area contributed by atoms with Crippen molar-refractivity contribution in [3.8, 4) is 0 Å². The van der Waals surface area contributed by atoms with Gasteiger partial charge in [-0.3, -0.25) is 0 Å². The highest BCUT2D eigenvalue weighted by Gasteiger charge is 2.11. The third-order valence-corrected chi connectivity index (χ3v) is 3.74. The molecule has 3 rings (SSSR count). The molecule has 2 aromatic rings. The first-order valence-electron chi connectivity index (χ1n) is 4.96. The van der Waals surface area contributed by atoms with Crippen molar-refractivity contribution in [3.63, 3.8) is 0 Å². The van der Waals surface area contributed by atoms with Crippen LogP contribution < -0.4 is 5.73 Å². The van der Waals surface area contributed by atoms with Gasteiger partial charge in [0.15, 0.2) is 0 Å². The van der Waals surface area contributed by atoms with Crippen LogP contribution in [0.4, 0.5) is 5.69 Å². The molecule has 0 fully saturated rings. The van der Waals surface area contributed by atoms with Crippen molar-refractivity contribution in [1.82, 2.24) is 0 Å². The Labute approximate surface area is 92.9 Å². The molecule has 0 atom stereocenters. The van der Waals surface area contributed by atoms with E-state index in [0.717, 1.165) is 12.1 Å². The van der Waals surface area contributed by atoms with Gasteiger partial charge in [0.2, 0.25) is 0 Å². The Hall–Kier alpha value is -1.54. The maximum absolute atomic E-state index is 6.01. The normalized spacial score (nSPS) is 13.1.